The van der Waals surface area contributed by atoms with Gasteiger partial charge >= 0.3 is 0 Å². The van der Waals surface area contributed by atoms with Crippen LogP contribution >= 0.6 is 0 Å². The number of methoxy groups -OCH3 is 1. The van der Waals surface area contributed by atoms with Crippen molar-refractivity contribution in [3.63, 3.8) is 0 Å². The SMILES string of the molecule is COc1ccc(CC(NC(=O)C(C)CC(=O)CN2CCNC(=O)C2)C(=O)CC(CC2=CCCC2)C(=O)C2(C)CO2)cc1. The molecule has 42 heavy (non-hydrogen) atoms. The maximum atomic E-state index is 13.8. The van der Waals surface area contributed by atoms with Crippen molar-refractivity contribution in [2.24, 2.45) is 11.8 Å². The summed E-state index contributed by atoms with van der Waals surface area (Å²) in [5.41, 5.74) is 1.18. The van der Waals surface area contributed by atoms with Crippen LogP contribution in [-0.4, -0.2) is 85.6 Å². The minimum absolute atomic E-state index is 0.000556. The second-order valence-electron chi connectivity index (χ2n) is 12.0. The van der Waals surface area contributed by atoms with Crippen LogP contribution in [0.1, 0.15) is 57.9 Å². The minimum atomic E-state index is -0.866. The summed E-state index contributed by atoms with van der Waals surface area (Å²) in [4.78, 5) is 66.6. The third kappa shape index (κ3) is 8.82. The van der Waals surface area contributed by atoms with Crippen molar-refractivity contribution >= 4 is 29.2 Å². The van der Waals surface area contributed by atoms with E-state index in [-0.39, 0.29) is 55.6 Å². The van der Waals surface area contributed by atoms with Crippen molar-refractivity contribution < 1.29 is 33.4 Å². The van der Waals surface area contributed by atoms with Crippen LogP contribution in [0.15, 0.2) is 35.9 Å². The lowest BCUT2D eigenvalue weighted by Gasteiger charge is -2.26. The Balaban J connectivity index is 1.44. The first-order chi connectivity index (χ1) is 20.1. The number of epoxide rings is 1. The van der Waals surface area contributed by atoms with Crippen LogP contribution in [0.25, 0.3) is 0 Å². The van der Waals surface area contributed by atoms with Crippen LogP contribution in [-0.2, 0) is 35.1 Å². The van der Waals surface area contributed by atoms with Gasteiger partial charge in [0.15, 0.2) is 11.6 Å². The van der Waals surface area contributed by atoms with Gasteiger partial charge in [-0.1, -0.05) is 30.7 Å². The van der Waals surface area contributed by atoms with E-state index in [1.807, 2.05) is 12.1 Å². The van der Waals surface area contributed by atoms with Crippen LogP contribution in [0, 0.1) is 11.8 Å². The van der Waals surface area contributed by atoms with Gasteiger partial charge in [-0.05, 0) is 56.7 Å². The first-order valence-corrected chi connectivity index (χ1v) is 14.9. The Labute approximate surface area is 247 Å². The number of ether oxygens (including phenoxy) is 2. The number of hydrogen-bond donors (Lipinski definition) is 2. The fraction of sp³-hybridized carbons (Fsp3) is 0.594. The predicted molar refractivity (Wildman–Crippen MR) is 156 cm³/mol. The molecule has 1 aliphatic carbocycles. The first-order valence-electron chi connectivity index (χ1n) is 14.9. The zero-order chi connectivity index (χ0) is 30.3. The predicted octanol–water partition coefficient (Wildman–Crippen LogP) is 2.18. The maximum Gasteiger partial charge on any atom is 0.234 e. The van der Waals surface area contributed by atoms with Gasteiger partial charge in [0.25, 0.3) is 0 Å². The molecule has 2 aliphatic heterocycles. The molecule has 2 saturated heterocycles. The van der Waals surface area contributed by atoms with Gasteiger partial charge in [0.1, 0.15) is 17.1 Å². The van der Waals surface area contributed by atoms with Crippen LogP contribution in [0.5, 0.6) is 5.75 Å². The highest BCUT2D eigenvalue weighted by atomic mass is 16.6. The lowest BCUT2D eigenvalue weighted by Crippen LogP contribution is -2.49. The molecule has 2 heterocycles. The lowest BCUT2D eigenvalue weighted by molar-refractivity contribution is -0.134. The molecule has 10 heteroatoms. The van der Waals surface area contributed by atoms with Gasteiger partial charge in [-0.3, -0.25) is 28.9 Å². The molecule has 4 atom stereocenters. The van der Waals surface area contributed by atoms with Gasteiger partial charge in [0, 0.05) is 37.8 Å². The van der Waals surface area contributed by atoms with Gasteiger partial charge in [-0.25, -0.2) is 0 Å². The van der Waals surface area contributed by atoms with Crippen molar-refractivity contribution in [1.29, 1.82) is 0 Å². The van der Waals surface area contributed by atoms with E-state index in [2.05, 4.69) is 16.7 Å². The monoisotopic (exact) mass is 581 g/mol. The Bertz CT molecular complexity index is 1200. The van der Waals surface area contributed by atoms with Crippen LogP contribution in [0.4, 0.5) is 0 Å². The molecule has 3 aliphatic rings. The van der Waals surface area contributed by atoms with Gasteiger partial charge in [0.2, 0.25) is 11.8 Å². The number of piperazine rings is 1. The largest absolute Gasteiger partial charge is 0.497 e. The number of hydrogen-bond acceptors (Lipinski definition) is 8. The Morgan fingerprint density at radius 1 is 1.14 bits per heavy atom. The van der Waals surface area contributed by atoms with E-state index in [0.29, 0.717) is 31.9 Å². The molecule has 1 aromatic carbocycles. The van der Waals surface area contributed by atoms with Gasteiger partial charge in [-0.15, -0.1) is 0 Å². The zero-order valence-corrected chi connectivity index (χ0v) is 24.9. The second kappa shape index (κ2) is 14.2. The number of benzene rings is 1. The Kier molecular flexibility index (Phi) is 10.7. The summed E-state index contributed by atoms with van der Waals surface area (Å²) < 4.78 is 10.7. The summed E-state index contributed by atoms with van der Waals surface area (Å²) in [6.07, 6.45) is 5.88. The molecule has 0 radical (unpaired) electrons. The molecular weight excluding hydrogens is 538 g/mol. The van der Waals surface area contributed by atoms with E-state index in [1.54, 1.807) is 38.0 Å². The molecule has 0 spiro atoms. The minimum Gasteiger partial charge on any atom is -0.497 e. The quantitative estimate of drug-likeness (QED) is 0.224. The highest BCUT2D eigenvalue weighted by Gasteiger charge is 2.50. The van der Waals surface area contributed by atoms with E-state index in [9.17, 15) is 24.0 Å². The fourth-order valence-corrected chi connectivity index (χ4v) is 5.70. The smallest absolute Gasteiger partial charge is 0.234 e. The van der Waals surface area contributed by atoms with Crippen molar-refractivity contribution in [1.82, 2.24) is 15.5 Å². The van der Waals surface area contributed by atoms with Crippen molar-refractivity contribution in [3.05, 3.63) is 41.5 Å². The normalized spacial score (nSPS) is 22.4. The molecular formula is C32H43N3O7. The maximum absolute atomic E-state index is 13.8. The highest BCUT2D eigenvalue weighted by molar-refractivity contribution is 5.97. The number of ketones is 3. The fourth-order valence-electron chi connectivity index (χ4n) is 5.70. The van der Waals surface area contributed by atoms with Gasteiger partial charge < -0.3 is 20.1 Å². The number of nitrogens with one attached hydrogen (secondary N) is 2. The van der Waals surface area contributed by atoms with E-state index in [4.69, 9.17) is 9.47 Å². The lowest BCUT2D eigenvalue weighted by atomic mass is 9.83. The van der Waals surface area contributed by atoms with Crippen molar-refractivity contribution in [2.75, 3.05) is 39.9 Å². The molecule has 0 saturated carbocycles. The van der Waals surface area contributed by atoms with E-state index >= 15 is 0 Å². The van der Waals surface area contributed by atoms with Crippen molar-refractivity contribution in [2.45, 2.75) is 70.4 Å². The standard InChI is InChI=1S/C32H43N3O7/c1-21(14-25(36)18-35-13-12-33-29(38)19-35)31(40)34-27(16-23-8-10-26(41-3)11-9-23)28(37)17-24(15-22-6-4-5-7-22)30(39)32(2)20-42-32/h6,8-11,21,24,27H,4-5,7,12-20H2,1-3H3,(H,33,38)(H,34,40). The summed E-state index contributed by atoms with van der Waals surface area (Å²) in [7, 11) is 1.57. The Morgan fingerprint density at radius 3 is 2.50 bits per heavy atom. The van der Waals surface area contributed by atoms with Crippen LogP contribution < -0.4 is 15.4 Å². The molecule has 2 N–H and O–H groups in total. The third-order valence-corrected chi connectivity index (χ3v) is 8.36. The second-order valence-corrected chi connectivity index (χ2v) is 12.0. The number of amides is 2. The molecule has 0 bridgehead atoms. The summed E-state index contributed by atoms with van der Waals surface area (Å²) in [5, 5.41) is 5.62. The Morgan fingerprint density at radius 2 is 1.88 bits per heavy atom. The van der Waals surface area contributed by atoms with Gasteiger partial charge in [-0.2, -0.15) is 0 Å². The summed E-state index contributed by atoms with van der Waals surface area (Å²) in [6, 6.07) is 6.42. The molecule has 4 rings (SSSR count). The third-order valence-electron chi connectivity index (χ3n) is 8.36. The topological polar surface area (TPSA) is 134 Å². The van der Waals surface area contributed by atoms with Crippen LogP contribution in [0.2, 0.25) is 0 Å². The summed E-state index contributed by atoms with van der Waals surface area (Å²) >= 11 is 0. The van der Waals surface area contributed by atoms with E-state index in [0.717, 1.165) is 24.8 Å². The van der Waals surface area contributed by atoms with Crippen molar-refractivity contribution in [3.8, 4) is 5.75 Å². The van der Waals surface area contributed by atoms with Crippen LogP contribution in [0.3, 0.4) is 0 Å². The van der Waals surface area contributed by atoms with E-state index in [1.165, 1.54) is 5.57 Å². The molecule has 10 nitrogen and oxygen atoms in total. The number of nitrogens with zero attached hydrogens (tertiary/aromatic N) is 1. The zero-order valence-electron chi connectivity index (χ0n) is 24.9. The molecule has 2 fully saturated rings. The number of carbonyl (C=O) groups is 5. The summed E-state index contributed by atoms with van der Waals surface area (Å²) in [5.74, 6) is -1.46. The first kappa shape index (κ1) is 31.6. The number of Topliss-reactive ketones (excluding diaryl/α,β-unsaturated/α-hetero) is 3. The number of carbonyl (C=O) groups excluding carboxylic acids is 5. The molecule has 0 aromatic heterocycles. The van der Waals surface area contributed by atoms with E-state index < -0.39 is 29.4 Å². The molecule has 2 amide bonds. The number of rotatable bonds is 16. The highest BCUT2D eigenvalue weighted by Crippen LogP contribution is 2.35. The molecule has 4 unspecified atom stereocenters. The number of allylic oxidation sites excluding steroid dienone is 2. The molecule has 228 valence electrons. The Hall–Kier alpha value is -3.37. The van der Waals surface area contributed by atoms with Gasteiger partial charge in [0.05, 0.1) is 32.8 Å². The molecule has 1 aromatic rings. The summed E-state index contributed by atoms with van der Waals surface area (Å²) in [6.45, 7) is 5.11. The average molecular weight is 582 g/mol. The average Bonchev–Trinajstić information content (AvgIpc) is 3.50.